The van der Waals surface area contributed by atoms with E-state index in [1.165, 1.54) is 0 Å². The van der Waals surface area contributed by atoms with E-state index in [4.69, 9.17) is 9.15 Å². The smallest absolute Gasteiger partial charge is 0.309 e. The van der Waals surface area contributed by atoms with Crippen LogP contribution in [-0.2, 0) is 20.9 Å². The summed E-state index contributed by atoms with van der Waals surface area (Å²) in [6.45, 7) is 4.50. The second kappa shape index (κ2) is 7.83. The van der Waals surface area contributed by atoms with Crippen LogP contribution >= 0.6 is 0 Å². The third-order valence-electron chi connectivity index (χ3n) is 3.61. The molecule has 1 aliphatic rings. The van der Waals surface area contributed by atoms with E-state index >= 15 is 0 Å². The number of carbonyl (C=O) groups excluding carboxylic acids is 2. The van der Waals surface area contributed by atoms with Crippen LogP contribution in [0.25, 0.3) is 0 Å². The molecule has 0 atom stereocenters. The van der Waals surface area contributed by atoms with Crippen molar-refractivity contribution in [3.63, 3.8) is 0 Å². The number of hydrogen-bond acceptors (Lipinski definition) is 5. The van der Waals surface area contributed by atoms with Gasteiger partial charge in [-0.15, -0.1) is 0 Å². The number of furan rings is 1. The van der Waals surface area contributed by atoms with Gasteiger partial charge in [0.25, 0.3) is 0 Å². The van der Waals surface area contributed by atoms with Crippen LogP contribution in [0.5, 0.6) is 0 Å². The highest BCUT2D eigenvalue weighted by molar-refractivity contribution is 5.78. The zero-order chi connectivity index (χ0) is 15.1. The maximum atomic E-state index is 11.8. The van der Waals surface area contributed by atoms with Gasteiger partial charge < -0.3 is 14.5 Å². The standard InChI is InChI=1S/C15H22N2O4/c1-2-20-15(19)12-5-7-17(8-6-12)11-14(18)16-10-13-4-3-9-21-13/h3-4,9,12H,2,5-8,10-11H2,1H3,(H,16,18). The highest BCUT2D eigenvalue weighted by Crippen LogP contribution is 2.18. The average molecular weight is 294 g/mol. The monoisotopic (exact) mass is 294 g/mol. The van der Waals surface area contributed by atoms with E-state index in [9.17, 15) is 9.59 Å². The van der Waals surface area contributed by atoms with E-state index in [1.54, 1.807) is 12.3 Å². The number of hydrogen-bond donors (Lipinski definition) is 1. The first-order valence-corrected chi connectivity index (χ1v) is 7.37. The Bertz CT molecular complexity index is 450. The molecule has 1 aliphatic heterocycles. The molecular weight excluding hydrogens is 272 g/mol. The summed E-state index contributed by atoms with van der Waals surface area (Å²) < 4.78 is 10.2. The molecule has 1 aromatic heterocycles. The second-order valence-corrected chi connectivity index (χ2v) is 5.16. The van der Waals surface area contributed by atoms with Gasteiger partial charge in [0.05, 0.1) is 31.9 Å². The van der Waals surface area contributed by atoms with Gasteiger partial charge in [-0.05, 0) is 45.0 Å². The molecule has 1 saturated heterocycles. The lowest BCUT2D eigenvalue weighted by molar-refractivity contribution is -0.149. The topological polar surface area (TPSA) is 71.8 Å². The molecule has 1 amide bonds. The molecule has 0 aliphatic carbocycles. The minimum absolute atomic E-state index is 0.0209. The summed E-state index contributed by atoms with van der Waals surface area (Å²) in [5.74, 6) is 0.581. The first-order chi connectivity index (χ1) is 10.2. The van der Waals surface area contributed by atoms with Gasteiger partial charge in [0.1, 0.15) is 5.76 Å². The van der Waals surface area contributed by atoms with E-state index in [-0.39, 0.29) is 17.8 Å². The zero-order valence-electron chi connectivity index (χ0n) is 12.3. The molecule has 0 bridgehead atoms. The van der Waals surface area contributed by atoms with Crippen LogP contribution in [0, 0.1) is 5.92 Å². The lowest BCUT2D eigenvalue weighted by Crippen LogP contribution is -2.42. The number of likely N-dealkylation sites (tertiary alicyclic amines) is 1. The van der Waals surface area contributed by atoms with Crippen molar-refractivity contribution in [3.8, 4) is 0 Å². The largest absolute Gasteiger partial charge is 0.467 e. The lowest BCUT2D eigenvalue weighted by atomic mass is 9.97. The van der Waals surface area contributed by atoms with Crippen molar-refractivity contribution in [1.82, 2.24) is 10.2 Å². The summed E-state index contributed by atoms with van der Waals surface area (Å²) in [6.07, 6.45) is 3.09. The van der Waals surface area contributed by atoms with Crippen LogP contribution in [0.4, 0.5) is 0 Å². The quantitative estimate of drug-likeness (QED) is 0.797. The summed E-state index contributed by atoms with van der Waals surface area (Å²) in [4.78, 5) is 25.5. The van der Waals surface area contributed by atoms with Crippen molar-refractivity contribution < 1.29 is 18.7 Å². The molecule has 21 heavy (non-hydrogen) atoms. The predicted molar refractivity (Wildman–Crippen MR) is 76.4 cm³/mol. The van der Waals surface area contributed by atoms with Crippen LogP contribution in [0.1, 0.15) is 25.5 Å². The van der Waals surface area contributed by atoms with Gasteiger partial charge in [-0.25, -0.2) is 0 Å². The Labute approximate surface area is 124 Å². The van der Waals surface area contributed by atoms with Crippen molar-refractivity contribution in [1.29, 1.82) is 0 Å². The van der Waals surface area contributed by atoms with E-state index in [0.29, 0.717) is 19.7 Å². The number of nitrogens with zero attached hydrogens (tertiary/aromatic N) is 1. The molecule has 6 heteroatoms. The number of piperidine rings is 1. The van der Waals surface area contributed by atoms with Gasteiger partial charge in [-0.3, -0.25) is 14.5 Å². The number of esters is 1. The molecule has 1 fully saturated rings. The van der Waals surface area contributed by atoms with Crippen LogP contribution in [-0.4, -0.2) is 43.0 Å². The van der Waals surface area contributed by atoms with E-state index in [1.807, 2.05) is 13.0 Å². The van der Waals surface area contributed by atoms with Crippen molar-refractivity contribution in [3.05, 3.63) is 24.2 Å². The summed E-state index contributed by atoms with van der Waals surface area (Å²) >= 11 is 0. The van der Waals surface area contributed by atoms with E-state index in [2.05, 4.69) is 10.2 Å². The fourth-order valence-corrected chi connectivity index (χ4v) is 2.44. The number of nitrogens with one attached hydrogen (secondary N) is 1. The van der Waals surface area contributed by atoms with Crippen LogP contribution < -0.4 is 5.32 Å². The average Bonchev–Trinajstić information content (AvgIpc) is 2.99. The molecule has 1 aromatic rings. The third kappa shape index (κ3) is 4.90. The fraction of sp³-hybridized carbons (Fsp3) is 0.600. The summed E-state index contributed by atoms with van der Waals surface area (Å²) in [6, 6.07) is 3.62. The van der Waals surface area contributed by atoms with Crippen molar-refractivity contribution in [2.45, 2.75) is 26.3 Å². The Hall–Kier alpha value is -1.82. The Morgan fingerprint density at radius 2 is 2.19 bits per heavy atom. The summed E-state index contributed by atoms with van der Waals surface area (Å²) in [7, 11) is 0. The number of ether oxygens (including phenoxy) is 1. The van der Waals surface area contributed by atoms with E-state index < -0.39 is 0 Å². The van der Waals surface area contributed by atoms with Gasteiger partial charge in [0, 0.05) is 0 Å². The van der Waals surface area contributed by atoms with Gasteiger partial charge in [0.2, 0.25) is 5.91 Å². The Balaban J connectivity index is 1.66. The molecule has 6 nitrogen and oxygen atoms in total. The predicted octanol–water partition coefficient (Wildman–Crippen LogP) is 1.17. The van der Waals surface area contributed by atoms with Crippen molar-refractivity contribution in [2.24, 2.45) is 5.92 Å². The molecule has 116 valence electrons. The first kappa shape index (κ1) is 15.6. The molecular formula is C15H22N2O4. The Morgan fingerprint density at radius 1 is 1.43 bits per heavy atom. The zero-order valence-corrected chi connectivity index (χ0v) is 12.3. The molecule has 0 spiro atoms. The van der Waals surface area contributed by atoms with Gasteiger partial charge >= 0.3 is 5.97 Å². The first-order valence-electron chi connectivity index (χ1n) is 7.37. The lowest BCUT2D eigenvalue weighted by Gasteiger charge is -2.30. The maximum absolute atomic E-state index is 11.8. The van der Waals surface area contributed by atoms with Gasteiger partial charge in [-0.2, -0.15) is 0 Å². The number of rotatable bonds is 6. The van der Waals surface area contributed by atoms with Gasteiger partial charge in [-0.1, -0.05) is 0 Å². The summed E-state index contributed by atoms with van der Waals surface area (Å²) in [5, 5.41) is 2.82. The highest BCUT2D eigenvalue weighted by Gasteiger charge is 2.26. The van der Waals surface area contributed by atoms with E-state index in [0.717, 1.165) is 31.7 Å². The number of carbonyl (C=O) groups is 2. The van der Waals surface area contributed by atoms with Crippen molar-refractivity contribution in [2.75, 3.05) is 26.2 Å². The Kier molecular flexibility index (Phi) is 5.80. The molecule has 2 rings (SSSR count). The normalized spacial score (nSPS) is 16.6. The fourth-order valence-electron chi connectivity index (χ4n) is 2.44. The van der Waals surface area contributed by atoms with Gasteiger partial charge in [0.15, 0.2) is 0 Å². The Morgan fingerprint density at radius 3 is 2.81 bits per heavy atom. The summed E-state index contributed by atoms with van der Waals surface area (Å²) in [5.41, 5.74) is 0. The SMILES string of the molecule is CCOC(=O)C1CCN(CC(=O)NCc2ccco2)CC1. The third-order valence-corrected chi connectivity index (χ3v) is 3.61. The van der Waals surface area contributed by atoms with Crippen LogP contribution in [0.15, 0.2) is 22.8 Å². The number of amides is 1. The van der Waals surface area contributed by atoms with Crippen LogP contribution in [0.2, 0.25) is 0 Å². The minimum Gasteiger partial charge on any atom is -0.467 e. The molecule has 0 saturated carbocycles. The molecule has 0 aromatic carbocycles. The van der Waals surface area contributed by atoms with Crippen molar-refractivity contribution >= 4 is 11.9 Å². The maximum Gasteiger partial charge on any atom is 0.309 e. The highest BCUT2D eigenvalue weighted by atomic mass is 16.5. The molecule has 1 N–H and O–H groups in total. The molecule has 0 unspecified atom stereocenters. The van der Waals surface area contributed by atoms with Crippen LogP contribution in [0.3, 0.4) is 0 Å². The minimum atomic E-state index is -0.112. The molecule has 0 radical (unpaired) electrons. The second-order valence-electron chi connectivity index (χ2n) is 5.16. The molecule has 2 heterocycles.